The van der Waals surface area contributed by atoms with Crippen LogP contribution in [-0.4, -0.2) is 42.7 Å². The van der Waals surface area contributed by atoms with Crippen LogP contribution < -0.4 is 5.32 Å². The lowest BCUT2D eigenvalue weighted by Gasteiger charge is -2.11. The minimum absolute atomic E-state index is 0.112. The van der Waals surface area contributed by atoms with Gasteiger partial charge in [0.05, 0.1) is 10.6 Å². The van der Waals surface area contributed by atoms with Gasteiger partial charge in [0, 0.05) is 42.8 Å². The van der Waals surface area contributed by atoms with Crippen LogP contribution in [0.3, 0.4) is 0 Å². The lowest BCUT2D eigenvalue weighted by molar-refractivity contribution is -0.116. The number of nitrogens with one attached hydrogen (secondary N) is 2. The molecule has 1 amide bonds. The number of aryl methyl sites for hydroxylation is 1. The van der Waals surface area contributed by atoms with Gasteiger partial charge in [-0.15, -0.1) is 11.3 Å². The fourth-order valence-electron chi connectivity index (χ4n) is 3.27. The Morgan fingerprint density at radius 2 is 1.73 bits per heavy atom. The van der Waals surface area contributed by atoms with Gasteiger partial charge in [-0.05, 0) is 36.2 Å². The first-order chi connectivity index (χ1) is 15.8. The molecular formula is C24H24N4O3S2. The maximum absolute atomic E-state index is 12.4. The number of thiazole rings is 1. The Bertz CT molecular complexity index is 1340. The van der Waals surface area contributed by atoms with E-state index in [-0.39, 0.29) is 10.8 Å². The molecule has 0 bridgehead atoms. The third-order valence-electron chi connectivity index (χ3n) is 5.13. The molecule has 4 rings (SSSR count). The molecule has 0 atom stereocenters. The normalized spacial score (nSPS) is 11.6. The number of hydrogen-bond acceptors (Lipinski definition) is 5. The molecule has 2 heterocycles. The maximum Gasteiger partial charge on any atom is 0.242 e. The van der Waals surface area contributed by atoms with Crippen LogP contribution in [0.4, 0.5) is 5.13 Å². The predicted octanol–water partition coefficient (Wildman–Crippen LogP) is 4.63. The maximum atomic E-state index is 12.4. The summed E-state index contributed by atoms with van der Waals surface area (Å²) in [7, 11) is -0.481. The monoisotopic (exact) mass is 480 g/mol. The first kappa shape index (κ1) is 22.9. The first-order valence-corrected chi connectivity index (χ1v) is 12.7. The predicted molar refractivity (Wildman–Crippen MR) is 132 cm³/mol. The largest absolute Gasteiger partial charge is 0.358 e. The van der Waals surface area contributed by atoms with E-state index in [1.165, 1.54) is 29.7 Å². The number of sulfonamides is 1. The number of anilines is 1. The van der Waals surface area contributed by atoms with Gasteiger partial charge in [0.15, 0.2) is 5.13 Å². The zero-order valence-electron chi connectivity index (χ0n) is 18.3. The Kier molecular flexibility index (Phi) is 6.73. The lowest BCUT2D eigenvalue weighted by atomic mass is 10.2. The second-order valence-corrected chi connectivity index (χ2v) is 10.7. The molecule has 0 unspecified atom stereocenters. The number of carbonyl (C=O) groups excluding carboxylic acids is 1. The van der Waals surface area contributed by atoms with Gasteiger partial charge in [-0.2, -0.15) is 0 Å². The number of nitrogens with zero attached hydrogens (tertiary/aromatic N) is 2. The van der Waals surface area contributed by atoms with E-state index in [0.717, 1.165) is 22.5 Å². The van der Waals surface area contributed by atoms with Crippen molar-refractivity contribution in [3.05, 3.63) is 77.8 Å². The van der Waals surface area contributed by atoms with E-state index < -0.39 is 10.0 Å². The van der Waals surface area contributed by atoms with Gasteiger partial charge in [-0.3, -0.25) is 4.79 Å². The topological polar surface area (TPSA) is 95.2 Å². The molecule has 33 heavy (non-hydrogen) atoms. The number of amides is 1. The van der Waals surface area contributed by atoms with Crippen LogP contribution in [0.15, 0.2) is 77.0 Å². The first-order valence-electron chi connectivity index (χ1n) is 10.3. The van der Waals surface area contributed by atoms with E-state index in [1.807, 2.05) is 47.8 Å². The van der Waals surface area contributed by atoms with Gasteiger partial charge in [0.25, 0.3) is 0 Å². The molecule has 0 aliphatic heterocycles. The van der Waals surface area contributed by atoms with Gasteiger partial charge in [0.2, 0.25) is 15.9 Å². The second-order valence-electron chi connectivity index (χ2n) is 7.66. The van der Waals surface area contributed by atoms with Crippen molar-refractivity contribution in [1.29, 1.82) is 0 Å². The summed E-state index contributed by atoms with van der Waals surface area (Å²) in [6, 6.07) is 20.6. The Morgan fingerprint density at radius 3 is 2.42 bits per heavy atom. The minimum Gasteiger partial charge on any atom is -0.358 e. The molecule has 2 N–H and O–H groups in total. The van der Waals surface area contributed by atoms with Crippen molar-refractivity contribution in [2.45, 2.75) is 17.7 Å². The van der Waals surface area contributed by atoms with Crippen molar-refractivity contribution in [1.82, 2.24) is 14.3 Å². The van der Waals surface area contributed by atoms with E-state index in [0.29, 0.717) is 23.7 Å². The second kappa shape index (κ2) is 9.70. The Labute approximate surface area is 197 Å². The SMILES string of the molecule is CN(C)S(=O)(=O)c1ccc(-c2csc(NC(=O)CCc3ccc(-c4ccccc4)[nH]3)n2)cc1. The van der Waals surface area contributed by atoms with E-state index in [9.17, 15) is 13.2 Å². The van der Waals surface area contributed by atoms with Gasteiger partial charge in [-0.1, -0.05) is 42.5 Å². The molecule has 9 heteroatoms. The summed E-state index contributed by atoms with van der Waals surface area (Å²) >= 11 is 1.33. The number of aromatic amines is 1. The van der Waals surface area contributed by atoms with E-state index in [2.05, 4.69) is 15.3 Å². The summed E-state index contributed by atoms with van der Waals surface area (Å²) < 4.78 is 25.6. The molecule has 0 spiro atoms. The quantitative estimate of drug-likeness (QED) is 0.384. The van der Waals surface area contributed by atoms with Crippen molar-refractivity contribution in [3.8, 4) is 22.5 Å². The molecule has 0 aliphatic rings. The van der Waals surface area contributed by atoms with Crippen LogP contribution in [0.2, 0.25) is 0 Å². The molecule has 7 nitrogen and oxygen atoms in total. The Balaban J connectivity index is 1.34. The number of rotatable bonds is 8. The molecule has 170 valence electrons. The van der Waals surface area contributed by atoms with Crippen molar-refractivity contribution < 1.29 is 13.2 Å². The van der Waals surface area contributed by atoms with Crippen LogP contribution in [0.25, 0.3) is 22.5 Å². The van der Waals surface area contributed by atoms with E-state index in [4.69, 9.17) is 0 Å². The summed E-state index contributed by atoms with van der Waals surface area (Å²) in [4.78, 5) is 20.4. The van der Waals surface area contributed by atoms with Crippen molar-refractivity contribution in [2.75, 3.05) is 19.4 Å². The highest BCUT2D eigenvalue weighted by molar-refractivity contribution is 7.89. The number of aromatic nitrogens is 2. The van der Waals surface area contributed by atoms with Gasteiger partial charge in [0.1, 0.15) is 0 Å². The average Bonchev–Trinajstić information content (AvgIpc) is 3.48. The summed E-state index contributed by atoms with van der Waals surface area (Å²) in [5.41, 5.74) is 4.60. The highest BCUT2D eigenvalue weighted by Crippen LogP contribution is 2.26. The van der Waals surface area contributed by atoms with Crippen LogP contribution in [0.5, 0.6) is 0 Å². The fraction of sp³-hybridized carbons (Fsp3) is 0.167. The molecule has 4 aromatic rings. The van der Waals surface area contributed by atoms with Crippen LogP contribution in [-0.2, 0) is 21.2 Å². The molecule has 0 aliphatic carbocycles. The standard InChI is InChI=1S/C24H24N4O3S2/c1-28(2)33(30,31)20-12-8-18(9-13-20)22-16-32-24(26-22)27-23(29)15-11-19-10-14-21(25-19)17-6-4-3-5-7-17/h3-10,12-14,16,25H,11,15H2,1-2H3,(H,26,27,29). The highest BCUT2D eigenvalue weighted by atomic mass is 32.2. The van der Waals surface area contributed by atoms with Crippen LogP contribution >= 0.6 is 11.3 Å². The van der Waals surface area contributed by atoms with Gasteiger partial charge < -0.3 is 10.3 Å². The third-order valence-corrected chi connectivity index (χ3v) is 7.72. The van der Waals surface area contributed by atoms with Crippen molar-refractivity contribution >= 4 is 32.4 Å². The zero-order chi connectivity index (χ0) is 23.4. The summed E-state index contributed by atoms with van der Waals surface area (Å²) in [5, 5.41) is 5.19. The van der Waals surface area contributed by atoms with E-state index in [1.54, 1.807) is 24.3 Å². The number of benzene rings is 2. The molecule has 0 fully saturated rings. The fourth-order valence-corrected chi connectivity index (χ4v) is 4.91. The van der Waals surface area contributed by atoms with Gasteiger partial charge >= 0.3 is 0 Å². The van der Waals surface area contributed by atoms with E-state index >= 15 is 0 Å². The lowest BCUT2D eigenvalue weighted by Crippen LogP contribution is -2.22. The Hall–Kier alpha value is -3.27. The number of carbonyl (C=O) groups is 1. The summed E-state index contributed by atoms with van der Waals surface area (Å²) in [6.07, 6.45) is 0.930. The van der Waals surface area contributed by atoms with Crippen LogP contribution in [0, 0.1) is 0 Å². The van der Waals surface area contributed by atoms with Crippen molar-refractivity contribution in [2.24, 2.45) is 0 Å². The smallest absolute Gasteiger partial charge is 0.242 e. The van der Waals surface area contributed by atoms with Crippen molar-refractivity contribution in [3.63, 3.8) is 0 Å². The molecule has 0 saturated carbocycles. The molecule has 2 aromatic carbocycles. The average molecular weight is 481 g/mol. The molecule has 0 saturated heterocycles. The zero-order valence-corrected chi connectivity index (χ0v) is 19.9. The Morgan fingerprint density at radius 1 is 1.00 bits per heavy atom. The van der Waals surface area contributed by atoms with Crippen LogP contribution in [0.1, 0.15) is 12.1 Å². The summed E-state index contributed by atoms with van der Waals surface area (Å²) in [6.45, 7) is 0. The number of hydrogen-bond donors (Lipinski definition) is 2. The third kappa shape index (κ3) is 5.39. The highest BCUT2D eigenvalue weighted by Gasteiger charge is 2.17. The molecular weight excluding hydrogens is 456 g/mol. The number of H-pyrrole nitrogens is 1. The molecule has 0 radical (unpaired) electrons. The summed E-state index contributed by atoms with van der Waals surface area (Å²) in [5.74, 6) is -0.112. The minimum atomic E-state index is -3.47. The molecule has 2 aromatic heterocycles. The van der Waals surface area contributed by atoms with Gasteiger partial charge in [-0.25, -0.2) is 17.7 Å².